The lowest BCUT2D eigenvalue weighted by Crippen LogP contribution is -2.53. The second-order valence-electron chi connectivity index (χ2n) is 10.7. The molecule has 0 N–H and O–H groups in total. The van der Waals surface area contributed by atoms with Crippen molar-refractivity contribution in [3.63, 3.8) is 0 Å². The molecule has 3 aromatic carbocycles. The molecule has 4 heterocycles. The number of anilines is 2. The fourth-order valence-electron chi connectivity index (χ4n) is 5.86. The van der Waals surface area contributed by atoms with Gasteiger partial charge in [0, 0.05) is 17.0 Å². The molecule has 1 atom stereocenters. The first-order valence-corrected chi connectivity index (χ1v) is 14.5. The lowest BCUT2D eigenvalue weighted by molar-refractivity contribution is -0.121. The van der Waals surface area contributed by atoms with Crippen molar-refractivity contribution in [2.24, 2.45) is 5.92 Å². The van der Waals surface area contributed by atoms with Crippen LogP contribution in [0.4, 0.5) is 15.2 Å². The summed E-state index contributed by atoms with van der Waals surface area (Å²) in [4.78, 5) is 46.2. The van der Waals surface area contributed by atoms with Crippen molar-refractivity contribution in [2.45, 2.75) is 32.4 Å². The zero-order valence-corrected chi connectivity index (χ0v) is 24.0. The van der Waals surface area contributed by atoms with E-state index < -0.39 is 28.6 Å². The van der Waals surface area contributed by atoms with Gasteiger partial charge in [-0.25, -0.2) is 4.39 Å². The van der Waals surface area contributed by atoms with Gasteiger partial charge in [-0.05, 0) is 41.8 Å². The summed E-state index contributed by atoms with van der Waals surface area (Å²) in [6, 6.07) is 17.6. The van der Waals surface area contributed by atoms with Gasteiger partial charge in [0.25, 0.3) is 11.8 Å². The van der Waals surface area contributed by atoms with Crippen molar-refractivity contribution in [1.29, 1.82) is 0 Å². The van der Waals surface area contributed by atoms with Crippen LogP contribution in [0, 0.1) is 11.7 Å². The maximum atomic E-state index is 14.9. The molecule has 11 heteroatoms. The van der Waals surface area contributed by atoms with Crippen molar-refractivity contribution in [2.75, 3.05) is 9.80 Å². The highest BCUT2D eigenvalue weighted by atomic mass is 35.5. The van der Waals surface area contributed by atoms with Crippen molar-refractivity contribution in [3.8, 4) is 0 Å². The average Bonchev–Trinajstić information content (AvgIpc) is 3.59. The quantitative estimate of drug-likeness (QED) is 0.242. The van der Waals surface area contributed by atoms with Gasteiger partial charge >= 0.3 is 0 Å². The molecule has 7 rings (SSSR count). The molecule has 8 nitrogen and oxygen atoms in total. The van der Waals surface area contributed by atoms with Gasteiger partial charge in [-0.2, -0.15) is 0 Å². The van der Waals surface area contributed by atoms with Gasteiger partial charge in [-0.3, -0.25) is 19.3 Å². The summed E-state index contributed by atoms with van der Waals surface area (Å²) in [5.74, 6) is -1.93. The van der Waals surface area contributed by atoms with Crippen LogP contribution in [-0.2, 0) is 23.3 Å². The number of fused-ring (bicyclic) bond motifs is 5. The summed E-state index contributed by atoms with van der Waals surface area (Å²) in [6.07, 6.45) is 0.614. The molecule has 2 aromatic heterocycles. The number of rotatable bonds is 5. The van der Waals surface area contributed by atoms with E-state index in [2.05, 4.69) is 10.2 Å². The summed E-state index contributed by atoms with van der Waals surface area (Å²) in [5.41, 5.74) is -1.19. The second kappa shape index (κ2) is 9.57. The number of amides is 2. The molecule has 2 aliphatic rings. The van der Waals surface area contributed by atoms with E-state index in [-0.39, 0.29) is 39.9 Å². The van der Waals surface area contributed by atoms with Gasteiger partial charge in [0.15, 0.2) is 11.0 Å². The largest absolute Gasteiger partial charge is 0.450 e. The van der Waals surface area contributed by atoms with Gasteiger partial charge < -0.3 is 9.32 Å². The smallest absolute Gasteiger partial charge is 0.297 e. The minimum atomic E-state index is -1.96. The van der Waals surface area contributed by atoms with E-state index in [0.717, 1.165) is 12.1 Å². The zero-order valence-electron chi connectivity index (χ0n) is 22.4. The first kappa shape index (κ1) is 26.5. The monoisotopic (exact) mass is 600 g/mol. The molecule has 0 aliphatic carbocycles. The van der Waals surface area contributed by atoms with E-state index in [0.29, 0.717) is 33.3 Å². The molecule has 0 radical (unpaired) electrons. The van der Waals surface area contributed by atoms with Crippen LogP contribution in [0.25, 0.3) is 11.0 Å². The number of halogens is 2. The number of hydrogen-bond acceptors (Lipinski definition) is 7. The summed E-state index contributed by atoms with van der Waals surface area (Å²) in [6.45, 7) is 4.16. The predicted molar refractivity (Wildman–Crippen MR) is 158 cm³/mol. The van der Waals surface area contributed by atoms with E-state index >= 15 is 0 Å². The molecular weight excluding hydrogens is 579 g/mol. The normalized spacial score (nSPS) is 17.6. The Balaban J connectivity index is 1.54. The number of hydrogen-bond donors (Lipinski definition) is 0. The van der Waals surface area contributed by atoms with Crippen molar-refractivity contribution in [3.05, 3.63) is 115 Å². The van der Waals surface area contributed by atoms with Gasteiger partial charge in [-0.1, -0.05) is 73.2 Å². The highest BCUT2D eigenvalue weighted by Crippen LogP contribution is 2.54. The van der Waals surface area contributed by atoms with E-state index in [4.69, 9.17) is 16.0 Å². The molecule has 2 amide bonds. The molecule has 2 aliphatic heterocycles. The molecular formula is C31H22ClFN4O4S. The Bertz CT molecular complexity index is 2010. The second-order valence-corrected chi connectivity index (χ2v) is 12.2. The van der Waals surface area contributed by atoms with Crippen LogP contribution in [0.5, 0.6) is 0 Å². The van der Waals surface area contributed by atoms with E-state index in [9.17, 15) is 18.8 Å². The predicted octanol–water partition coefficient (Wildman–Crippen LogP) is 6.09. The van der Waals surface area contributed by atoms with E-state index in [1.807, 2.05) is 26.0 Å². The Kier molecular flexibility index (Phi) is 6.04. The van der Waals surface area contributed by atoms with Crippen LogP contribution in [0.1, 0.15) is 46.1 Å². The molecule has 0 saturated heterocycles. The van der Waals surface area contributed by atoms with Crippen LogP contribution in [-0.4, -0.2) is 22.0 Å². The standard InChI is InChI=1S/C31H22ClFN4O4S/c1-16(2)13-24-34-35-30(42-24)37-28(39)27-25(26(38)19-14-18(33)11-12-23(19)41-27)31(37)20-8-4-6-10-22(20)36(29(31)40)15-17-7-3-5-9-21(17)32/h3-12,14,16H,13,15H2,1-2H3. The topological polar surface area (TPSA) is 96.6 Å². The molecule has 0 saturated carbocycles. The average molecular weight is 601 g/mol. The van der Waals surface area contributed by atoms with Crippen molar-refractivity contribution >= 4 is 56.5 Å². The van der Waals surface area contributed by atoms with Gasteiger partial charge in [0.2, 0.25) is 10.9 Å². The minimum Gasteiger partial charge on any atom is -0.450 e. The Morgan fingerprint density at radius 1 is 1.02 bits per heavy atom. The third-order valence-corrected chi connectivity index (χ3v) is 8.90. The molecule has 0 bridgehead atoms. The van der Waals surface area contributed by atoms with E-state index in [1.165, 1.54) is 27.2 Å². The summed E-state index contributed by atoms with van der Waals surface area (Å²) < 4.78 is 20.4. The van der Waals surface area contributed by atoms with E-state index in [1.54, 1.807) is 36.4 Å². The molecule has 0 fully saturated rings. The SMILES string of the molecule is CC(C)Cc1nnc(N2C(=O)c3oc4ccc(F)cc4c(=O)c3C23C(=O)N(Cc2ccccc2Cl)c2ccccc23)s1. The maximum absolute atomic E-state index is 14.9. The van der Waals surface area contributed by atoms with Crippen LogP contribution in [0.15, 0.2) is 75.9 Å². The fourth-order valence-corrected chi connectivity index (χ4v) is 7.15. The zero-order chi connectivity index (χ0) is 29.3. The summed E-state index contributed by atoms with van der Waals surface area (Å²) in [5, 5.41) is 9.84. The number of carbonyl (C=O) groups excluding carboxylic acids is 2. The first-order chi connectivity index (χ1) is 20.2. The lowest BCUT2D eigenvalue weighted by atomic mass is 9.84. The number of para-hydroxylation sites is 1. The van der Waals surface area contributed by atoms with Crippen LogP contribution in [0.2, 0.25) is 5.02 Å². The number of aromatic nitrogens is 2. The number of nitrogens with zero attached hydrogens (tertiary/aromatic N) is 4. The minimum absolute atomic E-state index is 0.0370. The van der Waals surface area contributed by atoms with Gasteiger partial charge in [0.05, 0.1) is 23.2 Å². The van der Waals surface area contributed by atoms with Crippen LogP contribution >= 0.6 is 22.9 Å². The first-order valence-electron chi connectivity index (χ1n) is 13.3. The Labute approximate surface area is 248 Å². The van der Waals surface area contributed by atoms with Gasteiger partial charge in [-0.15, -0.1) is 10.2 Å². The third-order valence-electron chi connectivity index (χ3n) is 7.60. The molecule has 1 spiro atoms. The van der Waals surface area contributed by atoms with Gasteiger partial charge in [0.1, 0.15) is 16.4 Å². The Morgan fingerprint density at radius 2 is 1.79 bits per heavy atom. The molecule has 1 unspecified atom stereocenters. The Morgan fingerprint density at radius 3 is 2.57 bits per heavy atom. The highest BCUT2D eigenvalue weighted by molar-refractivity contribution is 7.15. The molecule has 42 heavy (non-hydrogen) atoms. The number of carbonyl (C=O) groups is 2. The van der Waals surface area contributed by atoms with Crippen molar-refractivity contribution in [1.82, 2.24) is 10.2 Å². The van der Waals surface area contributed by atoms with Crippen LogP contribution in [0.3, 0.4) is 0 Å². The molecule has 5 aromatic rings. The lowest BCUT2D eigenvalue weighted by Gasteiger charge is -2.32. The van der Waals surface area contributed by atoms with Crippen molar-refractivity contribution < 1.29 is 18.4 Å². The maximum Gasteiger partial charge on any atom is 0.297 e. The summed E-state index contributed by atoms with van der Waals surface area (Å²) in [7, 11) is 0. The van der Waals surface area contributed by atoms with Crippen LogP contribution < -0.4 is 15.2 Å². The highest BCUT2D eigenvalue weighted by Gasteiger charge is 2.66. The third kappa shape index (κ3) is 3.68. The Hall–Kier alpha value is -4.41. The molecule has 210 valence electrons. The number of benzene rings is 3. The summed E-state index contributed by atoms with van der Waals surface area (Å²) >= 11 is 7.67. The fraction of sp³-hybridized carbons (Fsp3) is 0.194.